The average molecular weight is 637 g/mol. The normalized spacial score (nSPS) is 15.2. The van der Waals surface area contributed by atoms with Crippen LogP contribution in [-0.2, 0) is 0 Å². The van der Waals surface area contributed by atoms with E-state index in [0.29, 0.717) is 39.8 Å². The maximum Gasteiger partial charge on any atom is 0.417 e. The Morgan fingerprint density at radius 3 is 2.43 bits per heavy atom. The number of piperidine rings is 1. The lowest BCUT2D eigenvalue weighted by molar-refractivity contribution is 0.0655. The van der Waals surface area contributed by atoms with E-state index in [0.717, 1.165) is 31.5 Å². The summed E-state index contributed by atoms with van der Waals surface area (Å²) in [6, 6.07) is 12.3. The fourth-order valence-electron chi connectivity index (χ4n) is 5.46. The van der Waals surface area contributed by atoms with Crippen LogP contribution in [0.1, 0.15) is 57.3 Å². The zero-order valence-electron chi connectivity index (χ0n) is 25.1. The molecule has 0 radical (unpaired) electrons. The predicted molar refractivity (Wildman–Crippen MR) is 175 cm³/mol. The first-order valence-corrected chi connectivity index (χ1v) is 15.3. The van der Waals surface area contributed by atoms with Crippen molar-refractivity contribution in [3.05, 3.63) is 70.5 Å². The number of Topliss-reactive ketones (excluding diaryl/α,β-unsaturated/α-hetero) is 1. The van der Waals surface area contributed by atoms with Gasteiger partial charge in [0.15, 0.2) is 11.5 Å². The van der Waals surface area contributed by atoms with Crippen molar-refractivity contribution in [2.75, 3.05) is 18.4 Å². The molecule has 1 unspecified atom stereocenters. The van der Waals surface area contributed by atoms with E-state index in [1.54, 1.807) is 48.5 Å². The van der Waals surface area contributed by atoms with Gasteiger partial charge in [0.05, 0.1) is 38.7 Å². The Morgan fingerprint density at radius 1 is 1.07 bits per heavy atom. The highest BCUT2D eigenvalue weighted by atomic mass is 35.5. The number of pyridine rings is 2. The number of aromatic nitrogens is 2. The Bertz CT molecular complexity index is 1680. The highest BCUT2D eigenvalue weighted by molar-refractivity contribution is 6.37. The number of rotatable bonds is 7. The minimum atomic E-state index is -0.447. The number of phenolic OH excluding ortho intramolecular Hbond substituents is 1. The van der Waals surface area contributed by atoms with Gasteiger partial charge < -0.3 is 20.5 Å². The Balaban J connectivity index is 1.45. The zero-order valence-corrected chi connectivity index (χ0v) is 26.6. The minimum Gasteiger partial charge on any atom is -0.505 e. The lowest BCUT2D eigenvalue weighted by Crippen LogP contribution is -2.57. The van der Waals surface area contributed by atoms with E-state index in [9.17, 15) is 14.7 Å². The first-order chi connectivity index (χ1) is 21.0. The van der Waals surface area contributed by atoms with E-state index in [-0.39, 0.29) is 33.5 Å². The van der Waals surface area contributed by atoms with Gasteiger partial charge in [-0.1, -0.05) is 36.2 Å². The number of fused-ring (bicyclic) bond motifs is 1. The van der Waals surface area contributed by atoms with Crippen molar-refractivity contribution in [3.8, 4) is 22.8 Å². The Hall–Kier alpha value is -3.92. The molecular formula is C33H35Cl2N5O4. The molecule has 1 amide bonds. The van der Waals surface area contributed by atoms with Crippen LogP contribution in [0, 0.1) is 0 Å². The molecule has 3 heterocycles. The molecule has 0 bridgehead atoms. The van der Waals surface area contributed by atoms with Crippen LogP contribution in [0.25, 0.3) is 22.0 Å². The number of anilines is 2. The van der Waals surface area contributed by atoms with Gasteiger partial charge in [-0.05, 0) is 81.6 Å². The van der Waals surface area contributed by atoms with Crippen molar-refractivity contribution >= 4 is 57.4 Å². The quantitative estimate of drug-likeness (QED) is 0.175. The number of ketones is 1. The van der Waals surface area contributed by atoms with E-state index in [4.69, 9.17) is 27.9 Å². The molecule has 4 aromatic rings. The van der Waals surface area contributed by atoms with Crippen LogP contribution in [0.15, 0.2) is 54.9 Å². The summed E-state index contributed by atoms with van der Waals surface area (Å²) in [5.41, 5.74) is 3.28. The molecule has 230 valence electrons. The largest absolute Gasteiger partial charge is 0.505 e. The average Bonchev–Trinajstić information content (AvgIpc) is 3.00. The number of aromatic hydroxyl groups is 1. The zero-order chi connectivity index (χ0) is 31.6. The number of benzene rings is 2. The lowest BCUT2D eigenvalue weighted by atomic mass is 9.99. The third-order valence-corrected chi connectivity index (χ3v) is 8.17. The monoisotopic (exact) mass is 635 g/mol. The maximum atomic E-state index is 13.3. The fraction of sp³-hybridized carbons (Fsp3) is 0.333. The van der Waals surface area contributed by atoms with Crippen LogP contribution in [-0.4, -0.2) is 56.5 Å². The number of carbonyl (C=O) groups is 2. The van der Waals surface area contributed by atoms with Gasteiger partial charge in [0.2, 0.25) is 5.88 Å². The van der Waals surface area contributed by atoms with Crippen molar-refractivity contribution in [2.45, 2.75) is 58.5 Å². The molecule has 0 aliphatic carbocycles. The Labute approximate surface area is 266 Å². The predicted octanol–water partition coefficient (Wildman–Crippen LogP) is 8.00. The van der Waals surface area contributed by atoms with Crippen molar-refractivity contribution in [1.82, 2.24) is 20.2 Å². The van der Waals surface area contributed by atoms with Gasteiger partial charge in [-0.2, -0.15) is 0 Å². The van der Waals surface area contributed by atoms with Gasteiger partial charge >= 0.3 is 6.09 Å². The highest BCUT2D eigenvalue weighted by Crippen LogP contribution is 2.38. The summed E-state index contributed by atoms with van der Waals surface area (Å²) in [6.45, 7) is 9.44. The summed E-state index contributed by atoms with van der Waals surface area (Å²) in [7, 11) is 0. The molecular weight excluding hydrogens is 601 g/mol. The molecule has 0 spiro atoms. The minimum absolute atomic E-state index is 0.0326. The molecule has 1 aliphatic rings. The molecule has 44 heavy (non-hydrogen) atoms. The number of phenols is 1. The van der Waals surface area contributed by atoms with E-state index in [1.807, 2.05) is 39.0 Å². The van der Waals surface area contributed by atoms with E-state index < -0.39 is 11.6 Å². The standard InChI is InChI=1S/C33H35Cl2N5O4/c1-5-28(41)24-18-37-27-10-8-19(20-14-25(34)31(42)26(35)15-20)13-23(27)30(24)39-21-9-11-29(38-16-21)44-32(43)40(33(2,3)4)22-7-6-12-36-17-22/h8-11,13-16,18,22,36,42H,5-7,12,17H2,1-4H3,(H,37,39). The van der Waals surface area contributed by atoms with Crippen LogP contribution in [0.4, 0.5) is 16.2 Å². The van der Waals surface area contributed by atoms with Gasteiger partial charge in [0, 0.05) is 42.2 Å². The van der Waals surface area contributed by atoms with Crippen molar-refractivity contribution in [1.29, 1.82) is 0 Å². The van der Waals surface area contributed by atoms with Gasteiger partial charge in [0.1, 0.15) is 0 Å². The van der Waals surface area contributed by atoms with Crippen LogP contribution < -0.4 is 15.4 Å². The summed E-state index contributed by atoms with van der Waals surface area (Å²) in [5, 5.41) is 17.7. The van der Waals surface area contributed by atoms with Crippen LogP contribution in [0.3, 0.4) is 0 Å². The summed E-state index contributed by atoms with van der Waals surface area (Å²) in [5.74, 6) is -0.0937. The van der Waals surface area contributed by atoms with Gasteiger partial charge in [-0.25, -0.2) is 9.78 Å². The SMILES string of the molecule is CCC(=O)c1cnc2ccc(-c3cc(Cl)c(O)c(Cl)c3)cc2c1Nc1ccc(OC(=O)N(C2CCCNC2)C(C)(C)C)nc1. The number of carbonyl (C=O) groups excluding carboxylic acids is 2. The molecule has 1 aliphatic heterocycles. The van der Waals surface area contributed by atoms with E-state index >= 15 is 0 Å². The van der Waals surface area contributed by atoms with Crippen molar-refractivity contribution < 1.29 is 19.4 Å². The van der Waals surface area contributed by atoms with Gasteiger partial charge in [0.25, 0.3) is 0 Å². The second kappa shape index (κ2) is 13.0. The van der Waals surface area contributed by atoms with Gasteiger partial charge in [-0.15, -0.1) is 0 Å². The summed E-state index contributed by atoms with van der Waals surface area (Å²) < 4.78 is 5.72. The second-order valence-electron chi connectivity index (χ2n) is 11.8. The number of hydrogen-bond acceptors (Lipinski definition) is 8. The number of nitrogens with zero attached hydrogens (tertiary/aromatic N) is 3. The first-order valence-electron chi connectivity index (χ1n) is 14.6. The fourth-order valence-corrected chi connectivity index (χ4v) is 5.95. The van der Waals surface area contributed by atoms with Crippen molar-refractivity contribution in [2.24, 2.45) is 0 Å². The summed E-state index contributed by atoms with van der Waals surface area (Å²) in [4.78, 5) is 37.0. The van der Waals surface area contributed by atoms with Crippen molar-refractivity contribution in [3.63, 3.8) is 0 Å². The lowest BCUT2D eigenvalue weighted by Gasteiger charge is -2.42. The second-order valence-corrected chi connectivity index (χ2v) is 12.6. The van der Waals surface area contributed by atoms with Gasteiger partial charge in [-0.3, -0.25) is 14.7 Å². The number of nitrogens with one attached hydrogen (secondary N) is 2. The molecule has 5 rings (SSSR count). The number of hydrogen-bond donors (Lipinski definition) is 3. The Morgan fingerprint density at radius 2 is 1.82 bits per heavy atom. The molecule has 1 atom stereocenters. The van der Waals surface area contributed by atoms with Crippen LogP contribution in [0.5, 0.6) is 11.6 Å². The number of ether oxygens (including phenoxy) is 1. The van der Waals surface area contributed by atoms with E-state index in [1.165, 1.54) is 0 Å². The molecule has 2 aromatic heterocycles. The maximum absolute atomic E-state index is 13.3. The molecule has 11 heteroatoms. The first kappa shape index (κ1) is 31.5. The summed E-state index contributed by atoms with van der Waals surface area (Å²) >= 11 is 12.4. The number of halogens is 2. The highest BCUT2D eigenvalue weighted by Gasteiger charge is 2.35. The number of amides is 1. The molecule has 3 N–H and O–H groups in total. The van der Waals surface area contributed by atoms with E-state index in [2.05, 4.69) is 20.6 Å². The molecule has 0 saturated carbocycles. The van der Waals surface area contributed by atoms with Crippen LogP contribution in [0.2, 0.25) is 10.0 Å². The summed E-state index contributed by atoms with van der Waals surface area (Å²) in [6.07, 6.45) is 4.86. The third kappa shape index (κ3) is 6.75. The smallest absolute Gasteiger partial charge is 0.417 e. The molecule has 9 nitrogen and oxygen atoms in total. The third-order valence-electron chi connectivity index (χ3n) is 7.59. The Kier molecular flexibility index (Phi) is 9.29. The molecule has 1 fully saturated rings. The topological polar surface area (TPSA) is 117 Å². The van der Waals surface area contributed by atoms with Crippen LogP contribution >= 0.6 is 23.2 Å². The molecule has 1 saturated heterocycles. The molecule has 2 aromatic carbocycles.